The number of hydrogen-bond acceptors (Lipinski definition) is 5. The van der Waals surface area contributed by atoms with E-state index in [1.54, 1.807) is 24.3 Å². The molecule has 0 bridgehead atoms. The van der Waals surface area contributed by atoms with Crippen LogP contribution in [0.5, 0.6) is 5.75 Å². The Morgan fingerprint density at radius 1 is 1.11 bits per heavy atom. The number of methoxy groups -OCH3 is 1. The van der Waals surface area contributed by atoms with Crippen molar-refractivity contribution < 1.29 is 17.5 Å². The maximum absolute atomic E-state index is 12.9. The third kappa shape index (κ3) is 5.11. The van der Waals surface area contributed by atoms with Gasteiger partial charge >= 0.3 is 0 Å². The number of nitrogens with zero attached hydrogens (tertiary/aromatic N) is 2. The zero-order valence-electron chi connectivity index (χ0n) is 14.6. The predicted octanol–water partition coefficient (Wildman–Crippen LogP) is 2.06. The number of hydrogen-bond donors (Lipinski definition) is 2. The molecule has 0 aliphatic carbocycles. The minimum atomic E-state index is -3.61. The molecule has 0 fully saturated rings. The Labute approximate surface area is 156 Å². The van der Waals surface area contributed by atoms with E-state index in [2.05, 4.69) is 19.9 Å². The first-order valence-corrected chi connectivity index (χ1v) is 9.73. The minimum Gasteiger partial charge on any atom is -0.497 e. The van der Waals surface area contributed by atoms with Gasteiger partial charge in [0.2, 0.25) is 10.0 Å². The van der Waals surface area contributed by atoms with Crippen LogP contribution in [0.2, 0.25) is 0 Å². The molecule has 0 spiro atoms. The van der Waals surface area contributed by atoms with Crippen molar-refractivity contribution in [3.8, 4) is 5.75 Å². The summed E-state index contributed by atoms with van der Waals surface area (Å²) in [7, 11) is -2.09. The number of aromatic amines is 1. The zero-order chi connectivity index (χ0) is 19.3. The summed E-state index contributed by atoms with van der Waals surface area (Å²) in [5.74, 6) is 1.43. The van der Waals surface area contributed by atoms with Crippen molar-refractivity contribution in [3.05, 3.63) is 71.6 Å². The monoisotopic (exact) mass is 390 g/mol. The topological polar surface area (TPSA) is 97.0 Å². The number of benzene rings is 2. The van der Waals surface area contributed by atoms with E-state index in [1.165, 1.54) is 31.4 Å². The molecule has 0 aliphatic rings. The van der Waals surface area contributed by atoms with Gasteiger partial charge in [-0.15, -0.1) is 0 Å². The van der Waals surface area contributed by atoms with Crippen LogP contribution in [0.1, 0.15) is 17.2 Å². The van der Waals surface area contributed by atoms with E-state index in [0.29, 0.717) is 30.2 Å². The molecule has 0 amide bonds. The van der Waals surface area contributed by atoms with E-state index in [9.17, 15) is 12.8 Å². The fourth-order valence-corrected chi connectivity index (χ4v) is 3.49. The maximum Gasteiger partial charge on any atom is 0.240 e. The largest absolute Gasteiger partial charge is 0.497 e. The van der Waals surface area contributed by atoms with Gasteiger partial charge in [-0.05, 0) is 42.0 Å². The van der Waals surface area contributed by atoms with Crippen molar-refractivity contribution in [2.24, 2.45) is 0 Å². The van der Waals surface area contributed by atoms with Gasteiger partial charge in [-0.1, -0.05) is 12.1 Å². The Kier molecular flexibility index (Phi) is 5.82. The van der Waals surface area contributed by atoms with Gasteiger partial charge in [0.25, 0.3) is 0 Å². The molecule has 27 heavy (non-hydrogen) atoms. The molecule has 1 aromatic heterocycles. The molecule has 142 valence electrons. The highest BCUT2D eigenvalue weighted by atomic mass is 32.2. The van der Waals surface area contributed by atoms with Crippen LogP contribution >= 0.6 is 0 Å². The molecular weight excluding hydrogens is 371 g/mol. The maximum atomic E-state index is 12.9. The van der Waals surface area contributed by atoms with Crippen LogP contribution in [0, 0.1) is 5.82 Å². The molecular formula is C18H19FN4O3S. The molecule has 3 rings (SSSR count). The molecule has 0 aliphatic heterocycles. The van der Waals surface area contributed by atoms with Crippen LogP contribution in [0.3, 0.4) is 0 Å². The Bertz CT molecular complexity index is 986. The minimum absolute atomic E-state index is 0.162. The summed E-state index contributed by atoms with van der Waals surface area (Å²) in [6.07, 6.45) is 0.833. The zero-order valence-corrected chi connectivity index (χ0v) is 15.5. The number of sulfonamides is 1. The Balaban J connectivity index is 1.54. The number of nitrogens with one attached hydrogen (secondary N) is 2. The van der Waals surface area contributed by atoms with E-state index in [0.717, 1.165) is 5.56 Å². The summed E-state index contributed by atoms with van der Waals surface area (Å²) in [4.78, 5) is 4.49. The normalized spacial score (nSPS) is 11.5. The van der Waals surface area contributed by atoms with Gasteiger partial charge in [0.15, 0.2) is 5.82 Å². The van der Waals surface area contributed by atoms with Crippen LogP contribution in [-0.2, 0) is 22.9 Å². The summed E-state index contributed by atoms with van der Waals surface area (Å²) < 4.78 is 45.0. The summed E-state index contributed by atoms with van der Waals surface area (Å²) in [5.41, 5.74) is 0.902. The lowest BCUT2D eigenvalue weighted by molar-refractivity contribution is 0.414. The lowest BCUT2D eigenvalue weighted by atomic mass is 10.1. The predicted molar refractivity (Wildman–Crippen MR) is 97.5 cm³/mol. The molecule has 0 saturated carbocycles. The smallest absolute Gasteiger partial charge is 0.240 e. The number of halogens is 1. The summed E-state index contributed by atoms with van der Waals surface area (Å²) >= 11 is 0. The van der Waals surface area contributed by atoms with Crippen LogP contribution in [0.15, 0.2) is 53.4 Å². The number of rotatable bonds is 8. The van der Waals surface area contributed by atoms with E-state index >= 15 is 0 Å². The molecule has 9 heteroatoms. The van der Waals surface area contributed by atoms with Gasteiger partial charge < -0.3 is 4.74 Å². The molecule has 0 saturated heterocycles. The Hall–Kier alpha value is -2.78. The molecule has 2 N–H and O–H groups in total. The van der Waals surface area contributed by atoms with E-state index in [4.69, 9.17) is 4.74 Å². The van der Waals surface area contributed by atoms with Gasteiger partial charge in [-0.25, -0.2) is 22.5 Å². The molecule has 0 atom stereocenters. The number of aromatic nitrogens is 3. The van der Waals surface area contributed by atoms with Crippen molar-refractivity contribution in [3.63, 3.8) is 0 Å². The third-order valence-electron chi connectivity index (χ3n) is 3.87. The van der Waals surface area contributed by atoms with E-state index in [1.807, 2.05) is 0 Å². The number of H-pyrrole nitrogens is 1. The van der Waals surface area contributed by atoms with E-state index < -0.39 is 10.0 Å². The third-order valence-corrected chi connectivity index (χ3v) is 5.35. The second-order valence-corrected chi connectivity index (χ2v) is 7.59. The lowest BCUT2D eigenvalue weighted by Crippen LogP contribution is -2.26. The number of ether oxygens (including phenoxy) is 1. The highest BCUT2D eigenvalue weighted by Gasteiger charge is 2.14. The molecule has 0 radical (unpaired) electrons. The summed E-state index contributed by atoms with van der Waals surface area (Å²) in [6, 6.07) is 12.3. The average molecular weight is 390 g/mol. The van der Waals surface area contributed by atoms with Crippen molar-refractivity contribution in [1.29, 1.82) is 0 Å². The van der Waals surface area contributed by atoms with Crippen LogP contribution in [0.4, 0.5) is 4.39 Å². The van der Waals surface area contributed by atoms with Crippen molar-refractivity contribution in [2.45, 2.75) is 17.7 Å². The summed E-state index contributed by atoms with van der Waals surface area (Å²) in [6.45, 7) is 0.169. The molecule has 0 unspecified atom stereocenters. The van der Waals surface area contributed by atoms with Gasteiger partial charge in [0.05, 0.1) is 12.0 Å². The van der Waals surface area contributed by atoms with Crippen LogP contribution in [0.25, 0.3) is 0 Å². The van der Waals surface area contributed by atoms with E-state index in [-0.39, 0.29) is 17.3 Å². The second-order valence-electron chi connectivity index (χ2n) is 5.82. The molecule has 2 aromatic carbocycles. The van der Waals surface area contributed by atoms with Crippen LogP contribution in [-0.4, -0.2) is 37.3 Å². The Morgan fingerprint density at radius 3 is 2.48 bits per heavy atom. The van der Waals surface area contributed by atoms with Gasteiger partial charge in [0, 0.05) is 19.4 Å². The summed E-state index contributed by atoms with van der Waals surface area (Å²) in [5, 5.41) is 6.90. The average Bonchev–Trinajstić information content (AvgIpc) is 3.11. The first-order chi connectivity index (χ1) is 13.0. The second kappa shape index (κ2) is 8.28. The van der Waals surface area contributed by atoms with Crippen molar-refractivity contribution in [2.75, 3.05) is 13.7 Å². The quantitative estimate of drug-likeness (QED) is 0.614. The SMILES string of the molecule is COc1ccc(S(=O)(=O)NCCc2n[nH]c(Cc3ccc(F)cc3)n2)cc1. The fraction of sp³-hybridized carbons (Fsp3) is 0.222. The molecule has 1 heterocycles. The van der Waals surface area contributed by atoms with Gasteiger partial charge in [0.1, 0.15) is 17.4 Å². The Morgan fingerprint density at radius 2 is 1.81 bits per heavy atom. The van der Waals surface area contributed by atoms with Gasteiger partial charge in [-0.3, -0.25) is 5.10 Å². The first kappa shape index (κ1) is 19.0. The fourth-order valence-electron chi connectivity index (χ4n) is 2.46. The standard InChI is InChI=1S/C18H19FN4O3S/c1-26-15-6-8-16(9-7-15)27(24,25)20-11-10-17-21-18(23-22-17)12-13-2-4-14(19)5-3-13/h2-9,20H,10-12H2,1H3,(H,21,22,23). The van der Waals surface area contributed by atoms with Crippen LogP contribution < -0.4 is 9.46 Å². The van der Waals surface area contributed by atoms with Gasteiger partial charge in [-0.2, -0.15) is 5.10 Å². The molecule has 3 aromatic rings. The first-order valence-electron chi connectivity index (χ1n) is 8.24. The van der Waals surface area contributed by atoms with Crippen molar-refractivity contribution in [1.82, 2.24) is 19.9 Å². The van der Waals surface area contributed by atoms with Crippen molar-refractivity contribution >= 4 is 10.0 Å². The lowest BCUT2D eigenvalue weighted by Gasteiger charge is -2.06. The highest BCUT2D eigenvalue weighted by molar-refractivity contribution is 7.89. The highest BCUT2D eigenvalue weighted by Crippen LogP contribution is 2.15. The molecule has 7 nitrogen and oxygen atoms in total.